The SMILES string of the molecule is CC(F)(F)COC(=O)C12CC3CC(CC(C(=O)OCC(=O)OC4(C)CCCCC4)(C3)C1)C2.CCC1(OC(=O)COC(=O)C23CC4CC(C2)C(OC(=O)C(C)(F)F)C(C4)C3)CCCCC1.CCC1(OC(=O)COC(=O)C23CC4CC(C2)CC(C(=O)OCC(C)(F)F)(C4)C3)CCCCC1. The summed E-state index contributed by atoms with van der Waals surface area (Å²) >= 11 is 0. The van der Waals surface area contributed by atoms with Gasteiger partial charge in [-0.2, -0.15) is 8.78 Å². The summed E-state index contributed by atoms with van der Waals surface area (Å²) in [6.07, 6.45) is 25.5. The van der Waals surface area contributed by atoms with Gasteiger partial charge in [0.05, 0.1) is 27.1 Å². The molecule has 15 aliphatic carbocycles. The first-order chi connectivity index (χ1) is 45.5. The minimum atomic E-state index is -3.53. The van der Waals surface area contributed by atoms with Gasteiger partial charge in [0.1, 0.15) is 22.9 Å². The summed E-state index contributed by atoms with van der Waals surface area (Å²) in [5, 5.41) is 0. The number of rotatable bonds is 22. The zero-order chi connectivity index (χ0) is 70.3. The molecular weight excluding hydrogens is 1280 g/mol. The predicted molar refractivity (Wildman–Crippen MR) is 334 cm³/mol. The number of hydrogen-bond acceptors (Lipinski definition) is 18. The molecule has 0 heterocycles. The number of ether oxygens (including phenoxy) is 9. The van der Waals surface area contributed by atoms with Crippen molar-refractivity contribution < 1.29 is 112 Å². The van der Waals surface area contributed by atoms with Crippen LogP contribution in [0.3, 0.4) is 0 Å². The first kappa shape index (κ1) is 74.5. The van der Waals surface area contributed by atoms with Crippen LogP contribution in [-0.2, 0) is 85.8 Å². The smallest absolute Gasteiger partial charge is 0.376 e. The molecule has 15 aliphatic rings. The van der Waals surface area contributed by atoms with Crippen molar-refractivity contribution in [3.63, 3.8) is 0 Å². The fourth-order valence-corrected chi connectivity index (χ4v) is 21.3. The summed E-state index contributed by atoms with van der Waals surface area (Å²) in [6, 6.07) is 0. The van der Waals surface area contributed by atoms with Crippen LogP contribution in [0.4, 0.5) is 26.3 Å². The highest BCUT2D eigenvalue weighted by atomic mass is 19.3. The highest BCUT2D eigenvalue weighted by Gasteiger charge is 2.67. The van der Waals surface area contributed by atoms with Gasteiger partial charge < -0.3 is 42.6 Å². The van der Waals surface area contributed by atoms with Crippen molar-refractivity contribution in [1.82, 2.24) is 0 Å². The standard InChI is InChI=1S/C25H36F2O6.2C24H34F2O6/c1-3-25(7-5-4-6-8-25)33-19(28)14-31-20(29)23-10-17-9-18(11-23)13-24(12-17,15-23)21(30)32-16-22(2,26)27;1-21(6-4-3-5-7-21)32-18(27)13-30-19(28)23-9-16-8-17(10-23)12-24(11-16,14-23)20(29)31-15-22(2,25)26;1-3-24(7-5-4-6-8-24)32-18(27)14-30-21(29)23-11-15-9-16(12-23)19(17(10-15)13-23)31-20(28)22(2,25)26/h17-18H,3-16H2,1-2H3;16-17H,3-15H2,1-2H3;15-17,19H,3-14H2,1-2H3. The number of carbonyl (C=O) groups is 9. The van der Waals surface area contributed by atoms with Crippen LogP contribution in [0.2, 0.25) is 0 Å². The fraction of sp³-hybridized carbons (Fsp3) is 0.877. The van der Waals surface area contributed by atoms with E-state index in [1.807, 2.05) is 20.8 Å². The van der Waals surface area contributed by atoms with E-state index in [2.05, 4.69) is 0 Å². The maximum Gasteiger partial charge on any atom is 0.376 e. The van der Waals surface area contributed by atoms with Crippen LogP contribution in [0.1, 0.15) is 260 Å². The molecular formula is C73H104F6O18. The van der Waals surface area contributed by atoms with Gasteiger partial charge in [0.25, 0.3) is 11.8 Å². The molecule has 0 aromatic carbocycles. The molecule has 0 radical (unpaired) electrons. The maximum absolute atomic E-state index is 13.3. The Morgan fingerprint density at radius 3 is 1.02 bits per heavy atom. The zero-order valence-electron chi connectivity index (χ0n) is 57.8. The lowest BCUT2D eigenvalue weighted by molar-refractivity contribution is -0.209. The normalized spacial score (nSPS) is 35.0. The lowest BCUT2D eigenvalue weighted by Crippen LogP contribution is -2.58. The highest BCUT2D eigenvalue weighted by molar-refractivity contribution is 5.86. The Hall–Kier alpha value is -5.19. The second-order valence-electron chi connectivity index (χ2n) is 33.2. The van der Waals surface area contributed by atoms with Crippen LogP contribution in [0.25, 0.3) is 0 Å². The van der Waals surface area contributed by atoms with Gasteiger partial charge in [-0.05, 0) is 247 Å². The second-order valence-corrected chi connectivity index (χ2v) is 33.2. The van der Waals surface area contributed by atoms with Gasteiger partial charge in [-0.1, -0.05) is 33.1 Å². The average Bonchev–Trinajstić information content (AvgIpc) is 0.732. The minimum Gasteiger partial charge on any atom is -0.459 e. The van der Waals surface area contributed by atoms with Gasteiger partial charge in [-0.15, -0.1) is 0 Å². The molecule has 0 aliphatic heterocycles. The van der Waals surface area contributed by atoms with Crippen molar-refractivity contribution in [1.29, 1.82) is 0 Å². The van der Waals surface area contributed by atoms with Crippen LogP contribution in [0.5, 0.6) is 0 Å². The molecule has 0 aromatic rings. The minimum absolute atomic E-state index is 0.127. The third-order valence-electron chi connectivity index (χ3n) is 24.7. The van der Waals surface area contributed by atoms with E-state index in [0.29, 0.717) is 91.4 Å². The average molecular weight is 1380 g/mol. The van der Waals surface area contributed by atoms with Crippen molar-refractivity contribution in [3.05, 3.63) is 0 Å². The van der Waals surface area contributed by atoms with Crippen LogP contribution in [-0.4, -0.2) is 127 Å². The Kier molecular flexibility index (Phi) is 22.0. The fourth-order valence-electron chi connectivity index (χ4n) is 21.3. The Labute approximate surface area is 565 Å². The zero-order valence-corrected chi connectivity index (χ0v) is 57.8. The van der Waals surface area contributed by atoms with Gasteiger partial charge in [-0.25, -0.2) is 36.7 Å². The number of alkyl halides is 6. The summed E-state index contributed by atoms with van der Waals surface area (Å²) in [4.78, 5) is 114. The largest absolute Gasteiger partial charge is 0.459 e. The van der Waals surface area contributed by atoms with E-state index in [4.69, 9.17) is 42.6 Å². The van der Waals surface area contributed by atoms with Crippen molar-refractivity contribution in [2.45, 2.75) is 301 Å². The summed E-state index contributed by atoms with van der Waals surface area (Å²) in [5.74, 6) is -14.8. The molecule has 0 amide bonds. The molecule has 0 spiro atoms. The Balaban J connectivity index is 0.000000158. The molecule has 0 aromatic heterocycles. The third-order valence-corrected chi connectivity index (χ3v) is 24.7. The molecule has 24 heteroatoms. The monoisotopic (exact) mass is 1380 g/mol. The summed E-state index contributed by atoms with van der Waals surface area (Å²) in [5.41, 5.74) is -5.66. The van der Waals surface area contributed by atoms with Crippen LogP contribution in [0.15, 0.2) is 0 Å². The molecule has 97 heavy (non-hydrogen) atoms. The van der Waals surface area contributed by atoms with E-state index in [0.717, 1.165) is 135 Å². The van der Waals surface area contributed by atoms with E-state index in [1.165, 1.54) is 0 Å². The van der Waals surface area contributed by atoms with E-state index < -0.39 is 155 Å². The van der Waals surface area contributed by atoms with E-state index in [9.17, 15) is 69.5 Å². The number of carbonyl (C=O) groups excluding carboxylic acids is 9. The quantitative estimate of drug-likeness (QED) is 0.0556. The van der Waals surface area contributed by atoms with E-state index in [-0.39, 0.29) is 54.3 Å². The Morgan fingerprint density at radius 1 is 0.381 bits per heavy atom. The van der Waals surface area contributed by atoms with Crippen LogP contribution < -0.4 is 0 Å². The molecule has 15 saturated carbocycles. The van der Waals surface area contributed by atoms with Gasteiger partial charge in [-0.3, -0.25) is 24.0 Å². The molecule has 18 nitrogen and oxygen atoms in total. The third kappa shape index (κ3) is 17.2. The van der Waals surface area contributed by atoms with Gasteiger partial charge >= 0.3 is 59.6 Å². The highest BCUT2D eigenvalue weighted by Crippen LogP contribution is 2.68. The molecule has 15 fully saturated rings. The lowest BCUT2D eigenvalue weighted by Gasteiger charge is -2.59. The summed E-state index contributed by atoms with van der Waals surface area (Å²) in [7, 11) is 0. The number of hydrogen-bond donors (Lipinski definition) is 0. The summed E-state index contributed by atoms with van der Waals surface area (Å²) in [6.45, 7) is 4.73. The molecule has 0 saturated heterocycles. The molecule has 15 rings (SSSR count). The van der Waals surface area contributed by atoms with Crippen molar-refractivity contribution in [2.24, 2.45) is 68.5 Å². The van der Waals surface area contributed by atoms with Crippen molar-refractivity contribution in [2.75, 3.05) is 33.0 Å². The first-order valence-electron chi connectivity index (χ1n) is 36.3. The van der Waals surface area contributed by atoms with E-state index in [1.54, 1.807) is 0 Å². The molecule has 546 valence electrons. The predicted octanol–water partition coefficient (Wildman–Crippen LogP) is 14.1. The van der Waals surface area contributed by atoms with Gasteiger partial charge in [0.15, 0.2) is 33.0 Å². The maximum atomic E-state index is 13.3. The molecule has 6 atom stereocenters. The lowest BCUT2D eigenvalue weighted by atomic mass is 9.44. The van der Waals surface area contributed by atoms with Gasteiger partial charge in [0.2, 0.25) is 0 Å². The summed E-state index contributed by atoms with van der Waals surface area (Å²) < 4.78 is 128. The Bertz CT molecular complexity index is 2870. The molecule has 12 bridgehead atoms. The molecule has 0 N–H and O–H groups in total. The van der Waals surface area contributed by atoms with E-state index >= 15 is 0 Å². The first-order valence-corrected chi connectivity index (χ1v) is 36.3. The van der Waals surface area contributed by atoms with Crippen molar-refractivity contribution in [3.8, 4) is 0 Å². The second kappa shape index (κ2) is 28.7. The topological polar surface area (TPSA) is 237 Å². The molecule has 6 unspecified atom stereocenters. The van der Waals surface area contributed by atoms with Crippen LogP contribution >= 0.6 is 0 Å². The Morgan fingerprint density at radius 2 is 0.691 bits per heavy atom. The number of esters is 9. The number of halogens is 6. The van der Waals surface area contributed by atoms with Crippen molar-refractivity contribution >= 4 is 53.7 Å². The van der Waals surface area contributed by atoms with Gasteiger partial charge in [0, 0.05) is 20.8 Å². The van der Waals surface area contributed by atoms with Crippen LogP contribution in [0, 0.1) is 68.5 Å².